The molecule has 88 valence electrons. The molecule has 1 fully saturated rings. The number of nitrogens with zero attached hydrogens (tertiary/aromatic N) is 2. The van der Waals surface area contributed by atoms with Gasteiger partial charge in [0.1, 0.15) is 5.82 Å². The lowest BCUT2D eigenvalue weighted by atomic mass is 10.4. The van der Waals surface area contributed by atoms with E-state index in [2.05, 4.69) is 15.3 Å². The Labute approximate surface area is 95.2 Å². The maximum absolute atomic E-state index is 11.7. The summed E-state index contributed by atoms with van der Waals surface area (Å²) >= 11 is 0. The summed E-state index contributed by atoms with van der Waals surface area (Å²) in [6, 6.07) is 0. The maximum atomic E-state index is 11.7. The topological polar surface area (TPSA) is 61.0 Å². The highest BCUT2D eigenvalue weighted by atomic mass is 16.2. The Balaban J connectivity index is 1.66. The number of likely N-dealkylation sites (N-methyl/N-ethyl adjacent to an activating group) is 1. The SMILES string of the molecule is CN(Cc1ncc[nH]1)C(=O)CNCC1CC1. The first kappa shape index (κ1) is 11.1. The largest absolute Gasteiger partial charge is 0.347 e. The van der Waals surface area contributed by atoms with Crippen LogP contribution in [0.5, 0.6) is 0 Å². The normalized spacial score (nSPS) is 15.1. The first-order valence-corrected chi connectivity index (χ1v) is 5.68. The van der Waals surface area contributed by atoms with Crippen LogP contribution in [0, 0.1) is 5.92 Å². The summed E-state index contributed by atoms with van der Waals surface area (Å²) in [4.78, 5) is 20.4. The molecule has 0 atom stereocenters. The van der Waals surface area contributed by atoms with Gasteiger partial charge in [-0.3, -0.25) is 4.79 Å². The summed E-state index contributed by atoms with van der Waals surface area (Å²) in [5.74, 6) is 1.73. The van der Waals surface area contributed by atoms with Gasteiger partial charge in [0.25, 0.3) is 0 Å². The van der Waals surface area contributed by atoms with E-state index < -0.39 is 0 Å². The molecule has 1 amide bonds. The zero-order valence-electron chi connectivity index (χ0n) is 9.57. The van der Waals surface area contributed by atoms with Crippen molar-refractivity contribution in [3.63, 3.8) is 0 Å². The minimum Gasteiger partial charge on any atom is -0.347 e. The summed E-state index contributed by atoms with van der Waals surface area (Å²) < 4.78 is 0. The summed E-state index contributed by atoms with van der Waals surface area (Å²) in [6.45, 7) is 1.94. The number of carbonyl (C=O) groups is 1. The molecule has 2 rings (SSSR count). The third-order valence-corrected chi connectivity index (χ3v) is 2.77. The van der Waals surface area contributed by atoms with Crippen LogP contribution >= 0.6 is 0 Å². The number of aromatic nitrogens is 2. The number of imidazole rings is 1. The van der Waals surface area contributed by atoms with Crippen LogP contribution in [0.4, 0.5) is 0 Å². The van der Waals surface area contributed by atoms with Gasteiger partial charge >= 0.3 is 0 Å². The van der Waals surface area contributed by atoms with Gasteiger partial charge in [0.05, 0.1) is 13.1 Å². The zero-order chi connectivity index (χ0) is 11.4. The molecule has 0 radical (unpaired) electrons. The van der Waals surface area contributed by atoms with Crippen molar-refractivity contribution in [2.24, 2.45) is 5.92 Å². The van der Waals surface area contributed by atoms with Crippen LogP contribution in [0.2, 0.25) is 0 Å². The lowest BCUT2D eigenvalue weighted by molar-refractivity contribution is -0.129. The number of aromatic amines is 1. The molecule has 0 bridgehead atoms. The molecule has 1 saturated carbocycles. The van der Waals surface area contributed by atoms with Crippen molar-refractivity contribution in [2.45, 2.75) is 19.4 Å². The van der Waals surface area contributed by atoms with Gasteiger partial charge in [-0.1, -0.05) is 0 Å². The second kappa shape index (κ2) is 5.12. The van der Waals surface area contributed by atoms with E-state index in [1.165, 1.54) is 12.8 Å². The van der Waals surface area contributed by atoms with E-state index in [1.807, 2.05) is 0 Å². The van der Waals surface area contributed by atoms with Crippen LogP contribution in [-0.4, -0.2) is 40.9 Å². The highest BCUT2D eigenvalue weighted by Gasteiger charge is 2.21. The zero-order valence-corrected chi connectivity index (χ0v) is 9.57. The van der Waals surface area contributed by atoms with Gasteiger partial charge in [0.2, 0.25) is 5.91 Å². The van der Waals surface area contributed by atoms with Crippen LogP contribution in [0.15, 0.2) is 12.4 Å². The van der Waals surface area contributed by atoms with Gasteiger partial charge in [-0.15, -0.1) is 0 Å². The number of hydrogen-bond donors (Lipinski definition) is 2. The Morgan fingerprint density at radius 3 is 3.12 bits per heavy atom. The van der Waals surface area contributed by atoms with Gasteiger partial charge in [0, 0.05) is 19.4 Å². The van der Waals surface area contributed by atoms with E-state index in [0.29, 0.717) is 13.1 Å². The highest BCUT2D eigenvalue weighted by molar-refractivity contribution is 5.77. The number of amides is 1. The lowest BCUT2D eigenvalue weighted by Crippen LogP contribution is -2.36. The van der Waals surface area contributed by atoms with Gasteiger partial charge in [-0.2, -0.15) is 0 Å². The summed E-state index contributed by atoms with van der Waals surface area (Å²) in [5, 5.41) is 3.19. The predicted octanol–water partition coefficient (Wildman–Crippen LogP) is 0.368. The van der Waals surface area contributed by atoms with E-state index >= 15 is 0 Å². The first-order chi connectivity index (χ1) is 7.75. The van der Waals surface area contributed by atoms with Crippen LogP contribution in [0.25, 0.3) is 0 Å². The van der Waals surface area contributed by atoms with Crippen LogP contribution in [0.1, 0.15) is 18.7 Å². The van der Waals surface area contributed by atoms with E-state index in [4.69, 9.17) is 0 Å². The maximum Gasteiger partial charge on any atom is 0.236 e. The minimum atomic E-state index is 0.108. The quantitative estimate of drug-likeness (QED) is 0.731. The Morgan fingerprint density at radius 2 is 2.50 bits per heavy atom. The van der Waals surface area contributed by atoms with Crippen LogP contribution < -0.4 is 5.32 Å². The van der Waals surface area contributed by atoms with Crippen LogP contribution in [0.3, 0.4) is 0 Å². The van der Waals surface area contributed by atoms with Gasteiger partial charge in [-0.05, 0) is 25.3 Å². The average Bonchev–Trinajstić information content (AvgIpc) is 2.95. The van der Waals surface area contributed by atoms with Crippen molar-refractivity contribution < 1.29 is 4.79 Å². The number of nitrogens with one attached hydrogen (secondary N) is 2. The van der Waals surface area contributed by atoms with Gasteiger partial charge in [0.15, 0.2) is 0 Å². The molecule has 5 heteroatoms. The lowest BCUT2D eigenvalue weighted by Gasteiger charge is -2.16. The van der Waals surface area contributed by atoms with Crippen molar-refractivity contribution in [2.75, 3.05) is 20.1 Å². The average molecular weight is 222 g/mol. The van der Waals surface area contributed by atoms with Crippen molar-refractivity contribution in [1.82, 2.24) is 20.2 Å². The Bertz CT molecular complexity index is 332. The predicted molar refractivity (Wildman–Crippen MR) is 60.7 cm³/mol. The van der Waals surface area contributed by atoms with Crippen LogP contribution in [-0.2, 0) is 11.3 Å². The molecule has 16 heavy (non-hydrogen) atoms. The Morgan fingerprint density at radius 1 is 1.69 bits per heavy atom. The molecular weight excluding hydrogens is 204 g/mol. The molecule has 1 aliphatic carbocycles. The van der Waals surface area contributed by atoms with Crippen molar-refractivity contribution in [3.05, 3.63) is 18.2 Å². The molecule has 0 aromatic carbocycles. The fraction of sp³-hybridized carbons (Fsp3) is 0.636. The Kier molecular flexibility index (Phi) is 3.56. The summed E-state index contributed by atoms with van der Waals surface area (Å²) in [6.07, 6.45) is 6.07. The van der Waals surface area contributed by atoms with E-state index in [0.717, 1.165) is 18.3 Å². The molecule has 5 nitrogen and oxygen atoms in total. The monoisotopic (exact) mass is 222 g/mol. The van der Waals surface area contributed by atoms with Crippen molar-refractivity contribution in [3.8, 4) is 0 Å². The molecule has 2 N–H and O–H groups in total. The fourth-order valence-corrected chi connectivity index (χ4v) is 1.54. The Hall–Kier alpha value is -1.36. The molecule has 0 spiro atoms. The fourth-order valence-electron chi connectivity index (χ4n) is 1.54. The number of rotatable bonds is 6. The second-order valence-electron chi connectivity index (χ2n) is 4.36. The van der Waals surface area contributed by atoms with E-state index in [1.54, 1.807) is 24.3 Å². The molecule has 1 aromatic rings. The van der Waals surface area contributed by atoms with Crippen molar-refractivity contribution >= 4 is 5.91 Å². The minimum absolute atomic E-state index is 0.108. The number of hydrogen-bond acceptors (Lipinski definition) is 3. The first-order valence-electron chi connectivity index (χ1n) is 5.68. The van der Waals surface area contributed by atoms with E-state index in [-0.39, 0.29) is 5.91 Å². The summed E-state index contributed by atoms with van der Waals surface area (Å²) in [5.41, 5.74) is 0. The third-order valence-electron chi connectivity index (χ3n) is 2.77. The molecule has 1 aliphatic rings. The second-order valence-corrected chi connectivity index (χ2v) is 4.36. The highest BCUT2D eigenvalue weighted by Crippen LogP contribution is 2.27. The molecule has 1 heterocycles. The third kappa shape index (κ3) is 3.34. The van der Waals surface area contributed by atoms with Crippen molar-refractivity contribution in [1.29, 1.82) is 0 Å². The number of carbonyl (C=O) groups excluding carboxylic acids is 1. The smallest absolute Gasteiger partial charge is 0.236 e. The molecule has 0 unspecified atom stereocenters. The summed E-state index contributed by atoms with van der Waals surface area (Å²) in [7, 11) is 1.80. The van der Waals surface area contributed by atoms with Gasteiger partial charge in [-0.25, -0.2) is 4.98 Å². The number of H-pyrrole nitrogens is 1. The molecule has 0 aliphatic heterocycles. The standard InChI is InChI=1S/C11H18N4O/c1-15(8-10-13-4-5-14-10)11(16)7-12-6-9-2-3-9/h4-5,9,12H,2-3,6-8H2,1H3,(H,13,14). The molecule has 1 aromatic heterocycles. The van der Waals surface area contributed by atoms with Gasteiger partial charge < -0.3 is 15.2 Å². The molecule has 0 saturated heterocycles. The van der Waals surface area contributed by atoms with E-state index in [9.17, 15) is 4.79 Å². The molecular formula is C11H18N4O.